The van der Waals surface area contributed by atoms with Gasteiger partial charge in [-0.3, -0.25) is 4.79 Å². The first-order valence-corrected chi connectivity index (χ1v) is 7.26. The molecule has 0 aliphatic rings. The number of nitrogens with two attached hydrogens (primary N) is 1. The van der Waals surface area contributed by atoms with E-state index in [-0.39, 0.29) is 17.6 Å². The van der Waals surface area contributed by atoms with Gasteiger partial charge in [-0.1, -0.05) is 27.7 Å². The van der Waals surface area contributed by atoms with Gasteiger partial charge in [0.05, 0.1) is 5.56 Å². The molecular weight excluding hydrogens is 255 g/mol. The van der Waals surface area contributed by atoms with Gasteiger partial charge < -0.3 is 10.6 Å². The predicted molar refractivity (Wildman–Crippen MR) is 81.1 cm³/mol. The van der Waals surface area contributed by atoms with Crippen LogP contribution in [0.5, 0.6) is 0 Å². The first kappa shape index (κ1) is 16.5. The number of halogens is 1. The monoisotopic (exact) mass is 280 g/mol. The van der Waals surface area contributed by atoms with Gasteiger partial charge in [0.15, 0.2) is 0 Å². The van der Waals surface area contributed by atoms with Crippen molar-refractivity contribution in [3.05, 3.63) is 29.6 Å². The molecule has 0 aliphatic heterocycles. The number of nitrogen functional groups attached to an aromatic ring is 1. The number of rotatable bonds is 6. The van der Waals surface area contributed by atoms with Crippen LogP contribution in [0, 0.1) is 11.7 Å². The Bertz CT molecular complexity index is 456. The Hall–Kier alpha value is -1.58. The molecule has 112 valence electrons. The quantitative estimate of drug-likeness (QED) is 0.808. The third-order valence-electron chi connectivity index (χ3n) is 3.45. The molecule has 0 aromatic heterocycles. The highest BCUT2D eigenvalue weighted by Gasteiger charge is 2.24. The van der Waals surface area contributed by atoms with Crippen LogP contribution < -0.4 is 5.73 Å². The van der Waals surface area contributed by atoms with Crippen LogP contribution >= 0.6 is 0 Å². The van der Waals surface area contributed by atoms with Crippen LogP contribution in [0.3, 0.4) is 0 Å². The maximum Gasteiger partial charge on any atom is 0.256 e. The van der Waals surface area contributed by atoms with Crippen molar-refractivity contribution >= 4 is 11.6 Å². The number of carbonyl (C=O) groups is 1. The molecule has 0 bridgehead atoms. The molecule has 20 heavy (non-hydrogen) atoms. The van der Waals surface area contributed by atoms with E-state index in [1.54, 1.807) is 0 Å². The highest BCUT2D eigenvalue weighted by atomic mass is 19.1. The van der Waals surface area contributed by atoms with Crippen molar-refractivity contribution in [2.45, 2.75) is 46.6 Å². The highest BCUT2D eigenvalue weighted by molar-refractivity contribution is 5.99. The first-order chi connectivity index (χ1) is 9.40. The van der Waals surface area contributed by atoms with Crippen molar-refractivity contribution in [3.63, 3.8) is 0 Å². The largest absolute Gasteiger partial charge is 0.398 e. The molecule has 0 saturated heterocycles. The Balaban J connectivity index is 3.09. The van der Waals surface area contributed by atoms with Crippen molar-refractivity contribution in [1.82, 2.24) is 4.90 Å². The lowest BCUT2D eigenvalue weighted by Gasteiger charge is -2.32. The van der Waals surface area contributed by atoms with E-state index in [0.29, 0.717) is 18.0 Å². The van der Waals surface area contributed by atoms with Crippen LogP contribution in [-0.4, -0.2) is 23.4 Å². The van der Waals surface area contributed by atoms with Crippen LogP contribution in [0.4, 0.5) is 10.1 Å². The third kappa shape index (κ3) is 3.95. The topological polar surface area (TPSA) is 46.3 Å². The summed E-state index contributed by atoms with van der Waals surface area (Å²) in [5.74, 6) is -0.150. The number of anilines is 1. The molecule has 3 nitrogen and oxygen atoms in total. The van der Waals surface area contributed by atoms with E-state index in [9.17, 15) is 9.18 Å². The molecule has 1 aromatic carbocycles. The zero-order valence-electron chi connectivity index (χ0n) is 12.8. The molecule has 0 spiro atoms. The second-order valence-corrected chi connectivity index (χ2v) is 5.55. The maximum atomic E-state index is 13.1. The molecule has 2 N–H and O–H groups in total. The minimum atomic E-state index is -0.419. The highest BCUT2D eigenvalue weighted by Crippen LogP contribution is 2.20. The van der Waals surface area contributed by atoms with Crippen LogP contribution in [0.25, 0.3) is 0 Å². The summed E-state index contributed by atoms with van der Waals surface area (Å²) in [7, 11) is 0. The Morgan fingerprint density at radius 2 is 1.90 bits per heavy atom. The van der Waals surface area contributed by atoms with Gasteiger partial charge in [-0.2, -0.15) is 0 Å². The lowest BCUT2D eigenvalue weighted by atomic mass is 10.0. The van der Waals surface area contributed by atoms with Crippen molar-refractivity contribution in [2.75, 3.05) is 12.3 Å². The van der Waals surface area contributed by atoms with Crippen molar-refractivity contribution < 1.29 is 9.18 Å². The fourth-order valence-electron chi connectivity index (χ4n) is 2.40. The second-order valence-electron chi connectivity index (χ2n) is 5.55. The molecule has 1 rings (SSSR count). The van der Waals surface area contributed by atoms with Gasteiger partial charge >= 0.3 is 0 Å². The smallest absolute Gasteiger partial charge is 0.256 e. The minimum Gasteiger partial charge on any atom is -0.398 e. The summed E-state index contributed by atoms with van der Waals surface area (Å²) in [6, 6.07) is 4.15. The number of nitrogens with zero attached hydrogens (tertiary/aromatic N) is 1. The fraction of sp³-hybridized carbons (Fsp3) is 0.562. The molecule has 0 aliphatic carbocycles. The summed E-state index contributed by atoms with van der Waals surface area (Å²) in [4.78, 5) is 14.6. The van der Waals surface area contributed by atoms with Gasteiger partial charge in [-0.15, -0.1) is 0 Å². The molecule has 1 amide bonds. The molecule has 1 aromatic rings. The molecule has 4 heteroatoms. The molecule has 0 radical (unpaired) electrons. The standard InChI is InChI=1S/C16H25FN2O/c1-5-13(6-2)19(10-11(3)4)16(20)14-8-7-12(17)9-15(14)18/h7-9,11,13H,5-6,10,18H2,1-4H3. The van der Waals surface area contributed by atoms with Gasteiger partial charge in [-0.05, 0) is 37.0 Å². The number of hydrogen-bond donors (Lipinski definition) is 1. The predicted octanol–water partition coefficient (Wildman–Crippen LogP) is 3.69. The van der Waals surface area contributed by atoms with E-state index in [0.717, 1.165) is 12.8 Å². The van der Waals surface area contributed by atoms with Crippen molar-refractivity contribution in [1.29, 1.82) is 0 Å². The Morgan fingerprint density at radius 1 is 1.30 bits per heavy atom. The Morgan fingerprint density at radius 3 is 2.35 bits per heavy atom. The summed E-state index contributed by atoms with van der Waals surface area (Å²) in [6.45, 7) is 8.99. The van der Waals surface area contributed by atoms with Crippen LogP contribution in [0.15, 0.2) is 18.2 Å². The number of hydrogen-bond acceptors (Lipinski definition) is 2. The molecular formula is C16H25FN2O. The third-order valence-corrected chi connectivity index (χ3v) is 3.45. The summed E-state index contributed by atoms with van der Waals surface area (Å²) in [6.07, 6.45) is 1.80. The second kappa shape index (κ2) is 7.27. The van der Waals surface area contributed by atoms with E-state index in [1.165, 1.54) is 18.2 Å². The van der Waals surface area contributed by atoms with E-state index in [4.69, 9.17) is 5.73 Å². The molecule has 0 atom stereocenters. The minimum absolute atomic E-state index is 0.107. The van der Waals surface area contributed by atoms with Gasteiger partial charge in [0.1, 0.15) is 5.82 Å². The molecule has 0 unspecified atom stereocenters. The van der Waals surface area contributed by atoms with Crippen molar-refractivity contribution in [2.24, 2.45) is 5.92 Å². The van der Waals surface area contributed by atoms with E-state index < -0.39 is 5.82 Å². The summed E-state index contributed by atoms with van der Waals surface area (Å²) < 4.78 is 13.1. The van der Waals surface area contributed by atoms with Gasteiger partial charge in [0, 0.05) is 18.3 Å². The summed E-state index contributed by atoms with van der Waals surface area (Å²) in [5.41, 5.74) is 6.38. The Labute approximate surface area is 121 Å². The SMILES string of the molecule is CCC(CC)N(CC(C)C)C(=O)c1ccc(F)cc1N. The van der Waals surface area contributed by atoms with E-state index in [1.807, 2.05) is 4.90 Å². The number of carbonyl (C=O) groups excluding carboxylic acids is 1. The molecule has 0 heterocycles. The summed E-state index contributed by atoms with van der Waals surface area (Å²) >= 11 is 0. The lowest BCUT2D eigenvalue weighted by molar-refractivity contribution is 0.0641. The Kier molecular flexibility index (Phi) is 5.99. The first-order valence-electron chi connectivity index (χ1n) is 7.26. The zero-order chi connectivity index (χ0) is 15.3. The maximum absolute atomic E-state index is 13.1. The van der Waals surface area contributed by atoms with Gasteiger partial charge in [0.2, 0.25) is 0 Å². The normalized spacial score (nSPS) is 11.2. The lowest BCUT2D eigenvalue weighted by Crippen LogP contribution is -2.42. The molecule has 0 fully saturated rings. The van der Waals surface area contributed by atoms with Crippen LogP contribution in [-0.2, 0) is 0 Å². The fourth-order valence-corrected chi connectivity index (χ4v) is 2.40. The van der Waals surface area contributed by atoms with Gasteiger partial charge in [0.25, 0.3) is 5.91 Å². The van der Waals surface area contributed by atoms with Crippen molar-refractivity contribution in [3.8, 4) is 0 Å². The zero-order valence-corrected chi connectivity index (χ0v) is 12.8. The van der Waals surface area contributed by atoms with E-state index in [2.05, 4.69) is 27.7 Å². The molecule has 0 saturated carbocycles. The average Bonchev–Trinajstić information content (AvgIpc) is 2.37. The number of benzene rings is 1. The van der Waals surface area contributed by atoms with E-state index >= 15 is 0 Å². The van der Waals surface area contributed by atoms with Crippen LogP contribution in [0.2, 0.25) is 0 Å². The summed E-state index contributed by atoms with van der Waals surface area (Å²) in [5, 5.41) is 0. The van der Waals surface area contributed by atoms with Crippen LogP contribution in [0.1, 0.15) is 50.9 Å². The van der Waals surface area contributed by atoms with Gasteiger partial charge in [-0.25, -0.2) is 4.39 Å². The number of amides is 1. The average molecular weight is 280 g/mol.